The summed E-state index contributed by atoms with van der Waals surface area (Å²) in [6.45, 7) is 6.00. The average Bonchev–Trinajstić information content (AvgIpc) is 3.33. The number of imidazole rings is 1. The molecule has 0 amide bonds. The van der Waals surface area contributed by atoms with Gasteiger partial charge in [0.2, 0.25) is 0 Å². The SMILES string of the molecule is Cc1cn2cc(-c3cc4ccc(N(C)[C@@H]5CCN(C)C5)cc4oc3=O)nc2c(C)n1. The summed E-state index contributed by atoms with van der Waals surface area (Å²) in [4.78, 5) is 26.5. The summed E-state index contributed by atoms with van der Waals surface area (Å²) in [5.74, 6) is 0. The number of likely N-dealkylation sites (tertiary alicyclic amines) is 1. The summed E-state index contributed by atoms with van der Waals surface area (Å²) in [6.07, 6.45) is 4.90. The monoisotopic (exact) mass is 403 g/mol. The van der Waals surface area contributed by atoms with Crippen LogP contribution < -0.4 is 10.5 Å². The number of fused-ring (bicyclic) bond motifs is 2. The van der Waals surface area contributed by atoms with Crippen LogP contribution >= 0.6 is 0 Å². The molecule has 0 radical (unpaired) electrons. The van der Waals surface area contributed by atoms with E-state index in [0.29, 0.717) is 22.9 Å². The molecule has 4 heterocycles. The third-order valence-electron chi connectivity index (χ3n) is 6.04. The molecule has 7 nitrogen and oxygen atoms in total. The topological polar surface area (TPSA) is 66.9 Å². The van der Waals surface area contributed by atoms with Gasteiger partial charge in [0.25, 0.3) is 0 Å². The highest BCUT2D eigenvalue weighted by molar-refractivity contribution is 5.84. The maximum atomic E-state index is 12.8. The maximum Gasteiger partial charge on any atom is 0.345 e. The number of aryl methyl sites for hydroxylation is 2. The lowest BCUT2D eigenvalue weighted by atomic mass is 10.1. The molecule has 1 saturated heterocycles. The first kappa shape index (κ1) is 18.8. The highest BCUT2D eigenvalue weighted by atomic mass is 16.4. The van der Waals surface area contributed by atoms with Crippen molar-refractivity contribution in [1.29, 1.82) is 0 Å². The maximum absolute atomic E-state index is 12.8. The molecule has 1 aliphatic heterocycles. The van der Waals surface area contributed by atoms with Gasteiger partial charge in [0.15, 0.2) is 5.65 Å². The molecule has 0 spiro atoms. The Morgan fingerprint density at radius 2 is 2.00 bits per heavy atom. The molecule has 0 saturated carbocycles. The molecule has 30 heavy (non-hydrogen) atoms. The van der Waals surface area contributed by atoms with Gasteiger partial charge in [0.1, 0.15) is 5.58 Å². The van der Waals surface area contributed by atoms with Gasteiger partial charge in [-0.3, -0.25) is 4.98 Å². The lowest BCUT2D eigenvalue weighted by molar-refractivity contribution is 0.409. The molecule has 7 heteroatoms. The van der Waals surface area contributed by atoms with Crippen LogP contribution in [0.15, 0.2) is 45.9 Å². The molecule has 1 aliphatic rings. The Morgan fingerprint density at radius 3 is 2.77 bits per heavy atom. The first-order valence-electron chi connectivity index (χ1n) is 10.2. The first-order valence-corrected chi connectivity index (χ1v) is 10.2. The fourth-order valence-corrected chi connectivity index (χ4v) is 4.37. The molecule has 3 aromatic heterocycles. The predicted molar refractivity (Wildman–Crippen MR) is 118 cm³/mol. The smallest absolute Gasteiger partial charge is 0.345 e. The van der Waals surface area contributed by atoms with Gasteiger partial charge >= 0.3 is 5.63 Å². The second-order valence-electron chi connectivity index (χ2n) is 8.31. The molecule has 0 aliphatic carbocycles. The van der Waals surface area contributed by atoms with Gasteiger partial charge in [-0.25, -0.2) is 9.78 Å². The molecule has 1 atom stereocenters. The third kappa shape index (κ3) is 3.15. The van der Waals surface area contributed by atoms with Crippen molar-refractivity contribution in [2.24, 2.45) is 0 Å². The van der Waals surface area contributed by atoms with Crippen molar-refractivity contribution in [3.63, 3.8) is 0 Å². The molecule has 1 aromatic carbocycles. The zero-order valence-electron chi connectivity index (χ0n) is 17.7. The van der Waals surface area contributed by atoms with Crippen LogP contribution in [0.4, 0.5) is 5.69 Å². The summed E-state index contributed by atoms with van der Waals surface area (Å²) in [5, 5.41) is 0.883. The lowest BCUT2D eigenvalue weighted by Crippen LogP contribution is -2.33. The normalized spacial score (nSPS) is 17.3. The van der Waals surface area contributed by atoms with Gasteiger partial charge < -0.3 is 18.6 Å². The number of hydrogen-bond donors (Lipinski definition) is 0. The number of aromatic nitrogens is 3. The van der Waals surface area contributed by atoms with Crippen LogP contribution in [0.1, 0.15) is 17.8 Å². The molecule has 154 valence electrons. The quantitative estimate of drug-likeness (QED) is 0.489. The van der Waals surface area contributed by atoms with E-state index >= 15 is 0 Å². The minimum atomic E-state index is -0.381. The molecule has 0 N–H and O–H groups in total. The van der Waals surface area contributed by atoms with Crippen molar-refractivity contribution in [3.8, 4) is 11.3 Å². The van der Waals surface area contributed by atoms with Crippen molar-refractivity contribution in [2.75, 3.05) is 32.1 Å². The van der Waals surface area contributed by atoms with Crippen LogP contribution in [0.25, 0.3) is 27.9 Å². The van der Waals surface area contributed by atoms with E-state index in [9.17, 15) is 4.79 Å². The largest absolute Gasteiger partial charge is 0.422 e. The van der Waals surface area contributed by atoms with E-state index in [2.05, 4.69) is 39.9 Å². The van der Waals surface area contributed by atoms with E-state index in [0.717, 1.165) is 47.6 Å². The van der Waals surface area contributed by atoms with Crippen LogP contribution in [-0.4, -0.2) is 52.5 Å². The fraction of sp³-hybridized carbons (Fsp3) is 0.348. The summed E-state index contributed by atoms with van der Waals surface area (Å²) >= 11 is 0. The van der Waals surface area contributed by atoms with Gasteiger partial charge in [-0.05, 0) is 52.1 Å². The molecule has 4 aromatic rings. The van der Waals surface area contributed by atoms with Crippen LogP contribution in [0.5, 0.6) is 0 Å². The zero-order chi connectivity index (χ0) is 21.0. The van der Waals surface area contributed by atoms with Gasteiger partial charge in [0, 0.05) is 49.2 Å². The number of nitrogens with zero attached hydrogens (tertiary/aromatic N) is 5. The van der Waals surface area contributed by atoms with E-state index in [1.807, 2.05) is 48.8 Å². The Hall–Kier alpha value is -3.19. The Labute approximate surface area is 174 Å². The van der Waals surface area contributed by atoms with Gasteiger partial charge in [-0.15, -0.1) is 0 Å². The Kier molecular flexibility index (Phi) is 4.36. The van der Waals surface area contributed by atoms with E-state index in [-0.39, 0.29) is 5.63 Å². The van der Waals surface area contributed by atoms with E-state index in [1.165, 1.54) is 0 Å². The molecule has 0 bridgehead atoms. The number of hydrogen-bond acceptors (Lipinski definition) is 6. The molecule has 1 fully saturated rings. The molecular formula is C23H25N5O2. The van der Waals surface area contributed by atoms with Crippen LogP contribution in [0.3, 0.4) is 0 Å². The van der Waals surface area contributed by atoms with E-state index in [1.54, 1.807) is 0 Å². The van der Waals surface area contributed by atoms with Crippen LogP contribution in [0, 0.1) is 13.8 Å². The summed E-state index contributed by atoms with van der Waals surface area (Å²) in [5.41, 5.74) is 4.80. The minimum absolute atomic E-state index is 0.381. The molecule has 5 rings (SSSR count). The summed E-state index contributed by atoms with van der Waals surface area (Å²) in [6, 6.07) is 8.40. The predicted octanol–water partition coefficient (Wildman–Crippen LogP) is 3.26. The highest BCUT2D eigenvalue weighted by Gasteiger charge is 2.24. The van der Waals surface area contributed by atoms with Crippen molar-refractivity contribution >= 4 is 22.3 Å². The van der Waals surface area contributed by atoms with Crippen molar-refractivity contribution in [2.45, 2.75) is 26.3 Å². The Balaban J connectivity index is 1.55. The van der Waals surface area contributed by atoms with Crippen molar-refractivity contribution in [1.82, 2.24) is 19.3 Å². The van der Waals surface area contributed by atoms with Gasteiger partial charge in [-0.2, -0.15) is 0 Å². The Morgan fingerprint density at radius 1 is 1.17 bits per heavy atom. The third-order valence-corrected chi connectivity index (χ3v) is 6.04. The van der Waals surface area contributed by atoms with Crippen LogP contribution in [0.2, 0.25) is 0 Å². The van der Waals surface area contributed by atoms with Crippen molar-refractivity contribution in [3.05, 3.63) is 58.5 Å². The van der Waals surface area contributed by atoms with E-state index in [4.69, 9.17) is 4.42 Å². The number of rotatable bonds is 3. The lowest BCUT2D eigenvalue weighted by Gasteiger charge is -2.26. The number of anilines is 1. The molecule has 0 unspecified atom stereocenters. The summed E-state index contributed by atoms with van der Waals surface area (Å²) in [7, 11) is 4.25. The number of benzene rings is 1. The minimum Gasteiger partial charge on any atom is -0.422 e. The second kappa shape index (κ2) is 6.95. The van der Waals surface area contributed by atoms with E-state index < -0.39 is 0 Å². The first-order chi connectivity index (χ1) is 14.4. The standard InChI is InChI=1S/C23H25N5O2/c1-14-11-28-13-20(25-22(28)15(2)24-14)19-9-16-5-6-17(10-21(16)30-23(19)29)27(4)18-7-8-26(3)12-18/h5-6,9-11,13,18H,7-8,12H2,1-4H3/t18-/m1/s1. The fourth-order valence-electron chi connectivity index (χ4n) is 4.37. The van der Waals surface area contributed by atoms with Gasteiger partial charge in [-0.1, -0.05) is 0 Å². The highest BCUT2D eigenvalue weighted by Crippen LogP contribution is 2.27. The van der Waals surface area contributed by atoms with Gasteiger partial charge in [0.05, 0.1) is 22.6 Å². The molecular weight excluding hydrogens is 378 g/mol. The average molecular weight is 403 g/mol. The van der Waals surface area contributed by atoms with Crippen molar-refractivity contribution < 1.29 is 4.42 Å². The summed E-state index contributed by atoms with van der Waals surface area (Å²) < 4.78 is 7.62. The Bertz CT molecular complexity index is 1320. The number of likely N-dealkylation sites (N-methyl/N-ethyl adjacent to an activating group) is 2. The zero-order valence-corrected chi connectivity index (χ0v) is 17.7. The van der Waals surface area contributed by atoms with Crippen LogP contribution in [-0.2, 0) is 0 Å². The second-order valence-corrected chi connectivity index (χ2v) is 8.31.